The Labute approximate surface area is 126 Å². The van der Waals surface area contributed by atoms with Crippen molar-refractivity contribution in [2.75, 3.05) is 30.3 Å². The summed E-state index contributed by atoms with van der Waals surface area (Å²) in [5.41, 5.74) is 10.6. The molecule has 0 atom stereocenters. The summed E-state index contributed by atoms with van der Waals surface area (Å²) in [7, 11) is 0. The number of nitrogen functional groups attached to an aromatic ring is 1. The number of benzene rings is 2. The van der Waals surface area contributed by atoms with Gasteiger partial charge in [0.2, 0.25) is 0 Å². The van der Waals surface area contributed by atoms with E-state index in [1.807, 2.05) is 24.3 Å². The summed E-state index contributed by atoms with van der Waals surface area (Å²) in [6.45, 7) is 4.78. The number of rotatable bonds is 4. The van der Waals surface area contributed by atoms with E-state index in [0.29, 0.717) is 6.61 Å². The van der Waals surface area contributed by atoms with Gasteiger partial charge in [-0.1, -0.05) is 18.2 Å². The fourth-order valence-corrected chi connectivity index (χ4v) is 2.91. The van der Waals surface area contributed by atoms with Gasteiger partial charge in [-0.25, -0.2) is 0 Å². The third-order valence-corrected chi connectivity index (χ3v) is 4.03. The Morgan fingerprint density at radius 1 is 1.19 bits per heavy atom. The highest BCUT2D eigenvalue weighted by Crippen LogP contribution is 2.28. The first-order valence-corrected chi connectivity index (χ1v) is 7.56. The fraction of sp³-hybridized carbons (Fsp3) is 0.333. The van der Waals surface area contributed by atoms with Gasteiger partial charge in [0.15, 0.2) is 0 Å². The van der Waals surface area contributed by atoms with Crippen molar-refractivity contribution < 1.29 is 4.74 Å². The van der Waals surface area contributed by atoms with Crippen LogP contribution in [0.3, 0.4) is 0 Å². The van der Waals surface area contributed by atoms with Gasteiger partial charge in [0.25, 0.3) is 0 Å². The highest BCUT2D eigenvalue weighted by Gasteiger charge is 2.16. The molecule has 3 nitrogen and oxygen atoms in total. The van der Waals surface area contributed by atoms with Crippen LogP contribution in [0.25, 0.3) is 0 Å². The van der Waals surface area contributed by atoms with E-state index in [1.165, 1.54) is 23.2 Å². The van der Waals surface area contributed by atoms with E-state index in [-0.39, 0.29) is 0 Å². The van der Waals surface area contributed by atoms with Gasteiger partial charge in [0.05, 0.1) is 6.54 Å². The number of hydrogen-bond acceptors (Lipinski definition) is 3. The third-order valence-electron chi connectivity index (χ3n) is 4.03. The average Bonchev–Trinajstić information content (AvgIpc) is 2.49. The lowest BCUT2D eigenvalue weighted by Gasteiger charge is -2.31. The second-order valence-electron chi connectivity index (χ2n) is 5.59. The van der Waals surface area contributed by atoms with Gasteiger partial charge in [0.1, 0.15) is 12.4 Å². The molecule has 3 heteroatoms. The molecular formula is C18H22N2O. The topological polar surface area (TPSA) is 38.5 Å². The number of anilines is 2. The van der Waals surface area contributed by atoms with E-state index in [1.54, 1.807) is 0 Å². The Kier molecular flexibility index (Phi) is 4.00. The Balaban J connectivity index is 1.63. The van der Waals surface area contributed by atoms with Crippen molar-refractivity contribution in [3.05, 3.63) is 53.6 Å². The van der Waals surface area contributed by atoms with Crippen molar-refractivity contribution in [1.29, 1.82) is 0 Å². The molecule has 0 unspecified atom stereocenters. The molecule has 2 N–H and O–H groups in total. The monoisotopic (exact) mass is 282 g/mol. The summed E-state index contributed by atoms with van der Waals surface area (Å²) in [5.74, 6) is 0.979. The molecule has 110 valence electrons. The summed E-state index contributed by atoms with van der Waals surface area (Å²) in [4.78, 5) is 2.40. The molecule has 1 aliphatic heterocycles. The summed E-state index contributed by atoms with van der Waals surface area (Å²) in [5, 5.41) is 0. The van der Waals surface area contributed by atoms with Crippen LogP contribution in [0, 0.1) is 6.92 Å². The lowest BCUT2D eigenvalue weighted by Crippen LogP contribution is -2.33. The Hall–Kier alpha value is -2.16. The molecule has 1 aliphatic rings. The molecule has 1 heterocycles. The van der Waals surface area contributed by atoms with Crippen LogP contribution in [-0.2, 0) is 6.42 Å². The van der Waals surface area contributed by atoms with E-state index in [2.05, 4.69) is 30.0 Å². The Bertz CT molecular complexity index is 624. The van der Waals surface area contributed by atoms with Crippen LogP contribution in [0.2, 0.25) is 0 Å². The average molecular weight is 282 g/mol. The summed E-state index contributed by atoms with van der Waals surface area (Å²) in [6, 6.07) is 14.4. The zero-order valence-corrected chi connectivity index (χ0v) is 12.5. The van der Waals surface area contributed by atoms with Gasteiger partial charge in [-0.2, -0.15) is 0 Å². The van der Waals surface area contributed by atoms with Crippen molar-refractivity contribution in [2.24, 2.45) is 0 Å². The largest absolute Gasteiger partial charge is 0.491 e. The Morgan fingerprint density at radius 3 is 2.90 bits per heavy atom. The number of ether oxygens (including phenoxy) is 1. The van der Waals surface area contributed by atoms with Crippen LogP contribution in [0.15, 0.2) is 42.5 Å². The van der Waals surface area contributed by atoms with Crippen molar-refractivity contribution in [3.63, 3.8) is 0 Å². The minimum Gasteiger partial charge on any atom is -0.491 e. The first-order valence-electron chi connectivity index (χ1n) is 7.56. The molecule has 0 aromatic heterocycles. The van der Waals surface area contributed by atoms with Gasteiger partial charge < -0.3 is 15.4 Å². The molecule has 0 radical (unpaired) electrons. The molecule has 2 aromatic carbocycles. The van der Waals surface area contributed by atoms with Crippen LogP contribution in [0.1, 0.15) is 17.5 Å². The maximum Gasteiger partial charge on any atom is 0.122 e. The number of aryl methyl sites for hydroxylation is 2. The fourth-order valence-electron chi connectivity index (χ4n) is 2.91. The zero-order valence-electron chi connectivity index (χ0n) is 12.5. The minimum atomic E-state index is 0.703. The van der Waals surface area contributed by atoms with Gasteiger partial charge in [-0.3, -0.25) is 0 Å². The number of nitrogens with zero attached hydrogens (tertiary/aromatic N) is 1. The second kappa shape index (κ2) is 6.08. The van der Waals surface area contributed by atoms with E-state index in [9.17, 15) is 0 Å². The van der Waals surface area contributed by atoms with Crippen molar-refractivity contribution in [3.8, 4) is 5.75 Å². The predicted molar refractivity (Wildman–Crippen MR) is 88.1 cm³/mol. The van der Waals surface area contributed by atoms with Crippen LogP contribution < -0.4 is 15.4 Å². The molecule has 0 amide bonds. The van der Waals surface area contributed by atoms with Crippen molar-refractivity contribution in [1.82, 2.24) is 0 Å². The standard InChI is InChI=1S/C18H22N2O/c1-14-5-2-3-7-18(14)21-12-11-20-10-4-6-15-13-16(19)8-9-17(15)20/h2-3,5,7-9,13H,4,6,10-12,19H2,1H3. The molecule has 3 rings (SSSR count). The lowest BCUT2D eigenvalue weighted by molar-refractivity contribution is 0.320. The van der Waals surface area contributed by atoms with Gasteiger partial charge in [-0.05, 0) is 55.2 Å². The maximum atomic E-state index is 5.91. The molecule has 2 aromatic rings. The second-order valence-corrected chi connectivity index (χ2v) is 5.59. The lowest BCUT2D eigenvalue weighted by atomic mass is 10.0. The molecule has 0 aliphatic carbocycles. The quantitative estimate of drug-likeness (QED) is 0.873. The minimum absolute atomic E-state index is 0.703. The van der Waals surface area contributed by atoms with E-state index >= 15 is 0 Å². The maximum absolute atomic E-state index is 5.91. The molecule has 0 saturated heterocycles. The Morgan fingerprint density at radius 2 is 2.05 bits per heavy atom. The van der Waals surface area contributed by atoms with Gasteiger partial charge in [0, 0.05) is 17.9 Å². The number of para-hydroxylation sites is 1. The number of fused-ring (bicyclic) bond motifs is 1. The highest BCUT2D eigenvalue weighted by atomic mass is 16.5. The van der Waals surface area contributed by atoms with E-state index < -0.39 is 0 Å². The number of hydrogen-bond donors (Lipinski definition) is 1. The highest BCUT2D eigenvalue weighted by molar-refractivity contribution is 5.61. The normalized spacial score (nSPS) is 13.9. The van der Waals surface area contributed by atoms with E-state index in [4.69, 9.17) is 10.5 Å². The molecule has 0 bridgehead atoms. The van der Waals surface area contributed by atoms with Crippen LogP contribution >= 0.6 is 0 Å². The first kappa shape index (κ1) is 13.8. The third kappa shape index (κ3) is 3.13. The molecule has 0 spiro atoms. The SMILES string of the molecule is Cc1ccccc1OCCN1CCCc2cc(N)ccc21. The zero-order chi connectivity index (χ0) is 14.7. The van der Waals surface area contributed by atoms with Gasteiger partial charge in [-0.15, -0.1) is 0 Å². The van der Waals surface area contributed by atoms with Crippen LogP contribution in [-0.4, -0.2) is 19.7 Å². The van der Waals surface area contributed by atoms with Gasteiger partial charge >= 0.3 is 0 Å². The molecule has 21 heavy (non-hydrogen) atoms. The summed E-state index contributed by atoms with van der Waals surface area (Å²) < 4.78 is 5.91. The smallest absolute Gasteiger partial charge is 0.122 e. The molecule has 0 fully saturated rings. The van der Waals surface area contributed by atoms with Crippen LogP contribution in [0.5, 0.6) is 5.75 Å². The predicted octanol–water partition coefficient (Wildman–Crippen LogP) is 3.41. The summed E-state index contributed by atoms with van der Waals surface area (Å²) in [6.07, 6.45) is 2.30. The van der Waals surface area contributed by atoms with Crippen molar-refractivity contribution in [2.45, 2.75) is 19.8 Å². The molecular weight excluding hydrogens is 260 g/mol. The number of nitrogens with two attached hydrogens (primary N) is 1. The van der Waals surface area contributed by atoms with E-state index in [0.717, 1.165) is 30.9 Å². The molecule has 0 saturated carbocycles. The first-order chi connectivity index (χ1) is 10.2. The summed E-state index contributed by atoms with van der Waals surface area (Å²) >= 11 is 0. The van der Waals surface area contributed by atoms with Crippen molar-refractivity contribution >= 4 is 11.4 Å². The van der Waals surface area contributed by atoms with Crippen LogP contribution in [0.4, 0.5) is 11.4 Å².